The van der Waals surface area contributed by atoms with E-state index in [1.54, 1.807) is 67.8 Å². The third-order valence-corrected chi connectivity index (χ3v) is 5.34. The quantitative estimate of drug-likeness (QED) is 0.458. The van der Waals surface area contributed by atoms with Crippen LogP contribution in [0.4, 0.5) is 11.4 Å². The number of para-hydroxylation sites is 2. The highest BCUT2D eigenvalue weighted by molar-refractivity contribution is 6.24. The Morgan fingerprint density at radius 3 is 2.34 bits per heavy atom. The van der Waals surface area contributed by atoms with Crippen molar-refractivity contribution in [3.63, 3.8) is 0 Å². The van der Waals surface area contributed by atoms with E-state index in [0.29, 0.717) is 22.7 Å². The van der Waals surface area contributed by atoms with Crippen molar-refractivity contribution in [1.29, 1.82) is 0 Å². The number of amides is 2. The first-order valence-corrected chi connectivity index (χ1v) is 10.0. The van der Waals surface area contributed by atoms with Crippen LogP contribution in [0.25, 0.3) is 0 Å². The van der Waals surface area contributed by atoms with Crippen LogP contribution in [-0.4, -0.2) is 38.0 Å². The molecular formula is C25H22N2O5. The van der Waals surface area contributed by atoms with Gasteiger partial charge in [-0.25, -0.2) is 4.79 Å². The Kier molecular flexibility index (Phi) is 5.89. The van der Waals surface area contributed by atoms with Crippen LogP contribution in [0.5, 0.6) is 5.75 Å². The van der Waals surface area contributed by atoms with Crippen molar-refractivity contribution in [3.05, 3.63) is 90.0 Å². The molecule has 0 radical (unpaired) electrons. The van der Waals surface area contributed by atoms with Crippen molar-refractivity contribution in [3.8, 4) is 5.75 Å². The monoisotopic (exact) mass is 430 g/mol. The largest absolute Gasteiger partial charge is 0.497 e. The lowest BCUT2D eigenvalue weighted by atomic mass is 10.1. The second-order valence-corrected chi connectivity index (χ2v) is 7.23. The summed E-state index contributed by atoms with van der Waals surface area (Å²) in [5, 5.41) is 0. The van der Waals surface area contributed by atoms with Crippen molar-refractivity contribution in [2.75, 3.05) is 24.0 Å². The topological polar surface area (TPSA) is 76.1 Å². The molecular weight excluding hydrogens is 408 g/mol. The Morgan fingerprint density at radius 1 is 0.906 bits per heavy atom. The number of hydrogen-bond acceptors (Lipinski definition) is 5. The zero-order valence-electron chi connectivity index (χ0n) is 17.7. The number of rotatable bonds is 5. The predicted octanol–water partition coefficient (Wildman–Crippen LogP) is 3.43. The fraction of sp³-hybridized carbons (Fsp3) is 0.160. The second-order valence-electron chi connectivity index (χ2n) is 7.23. The molecule has 0 bridgehead atoms. The molecule has 0 saturated heterocycles. The Balaban J connectivity index is 1.88. The molecule has 3 aromatic carbocycles. The van der Waals surface area contributed by atoms with Gasteiger partial charge in [0.2, 0.25) is 6.04 Å². The van der Waals surface area contributed by atoms with Crippen molar-refractivity contribution in [2.24, 2.45) is 0 Å². The van der Waals surface area contributed by atoms with Gasteiger partial charge < -0.3 is 14.4 Å². The van der Waals surface area contributed by atoms with Gasteiger partial charge in [0.1, 0.15) is 5.75 Å². The summed E-state index contributed by atoms with van der Waals surface area (Å²) >= 11 is 0. The SMILES string of the molecule is COC(=O)C1C(=O)N(Cc2cccc(OC)c2)c2ccccc2C(=O)N1c1ccccc1. The fourth-order valence-electron chi connectivity index (χ4n) is 3.80. The maximum atomic E-state index is 13.8. The van der Waals surface area contributed by atoms with E-state index >= 15 is 0 Å². The first kappa shape index (κ1) is 21.1. The summed E-state index contributed by atoms with van der Waals surface area (Å²) in [6.45, 7) is 0.149. The van der Waals surface area contributed by atoms with Crippen LogP contribution in [0.2, 0.25) is 0 Å². The number of ether oxygens (including phenoxy) is 2. The van der Waals surface area contributed by atoms with Crippen LogP contribution in [0.15, 0.2) is 78.9 Å². The van der Waals surface area contributed by atoms with Gasteiger partial charge in [-0.15, -0.1) is 0 Å². The van der Waals surface area contributed by atoms with Gasteiger partial charge in [-0.1, -0.05) is 42.5 Å². The van der Waals surface area contributed by atoms with E-state index in [-0.39, 0.29) is 6.54 Å². The Labute approximate surface area is 185 Å². The number of carbonyl (C=O) groups is 3. The number of anilines is 2. The van der Waals surface area contributed by atoms with Crippen LogP contribution < -0.4 is 14.5 Å². The Bertz CT molecular complexity index is 1160. The molecule has 4 rings (SSSR count). The molecule has 0 aliphatic carbocycles. The smallest absolute Gasteiger partial charge is 0.338 e. The molecule has 1 aliphatic heterocycles. The van der Waals surface area contributed by atoms with Gasteiger partial charge in [0.05, 0.1) is 32.0 Å². The van der Waals surface area contributed by atoms with Crippen LogP contribution in [0.3, 0.4) is 0 Å². The van der Waals surface area contributed by atoms with Gasteiger partial charge in [0, 0.05) is 5.69 Å². The standard InChI is InChI=1S/C25H22N2O5/c1-31-19-12-8-9-17(15-19)16-26-21-14-7-6-13-20(21)23(28)27(18-10-4-3-5-11-18)22(24(26)29)25(30)32-2/h3-15,22H,16H2,1-2H3. The van der Waals surface area contributed by atoms with Crippen molar-refractivity contribution in [1.82, 2.24) is 0 Å². The maximum absolute atomic E-state index is 13.8. The van der Waals surface area contributed by atoms with E-state index in [1.807, 2.05) is 18.2 Å². The molecule has 32 heavy (non-hydrogen) atoms. The summed E-state index contributed by atoms with van der Waals surface area (Å²) < 4.78 is 10.2. The van der Waals surface area contributed by atoms with Crippen LogP contribution in [-0.2, 0) is 20.9 Å². The van der Waals surface area contributed by atoms with Crippen molar-refractivity contribution >= 4 is 29.2 Å². The maximum Gasteiger partial charge on any atom is 0.338 e. The van der Waals surface area contributed by atoms with E-state index in [9.17, 15) is 14.4 Å². The zero-order chi connectivity index (χ0) is 22.7. The minimum atomic E-state index is -1.46. The number of methoxy groups -OCH3 is 2. The summed E-state index contributed by atoms with van der Waals surface area (Å²) in [7, 11) is 2.77. The number of nitrogens with zero attached hydrogens (tertiary/aromatic N) is 2. The Morgan fingerprint density at radius 2 is 1.62 bits per heavy atom. The van der Waals surface area contributed by atoms with E-state index in [2.05, 4.69) is 0 Å². The normalized spacial score (nSPS) is 15.8. The van der Waals surface area contributed by atoms with Crippen molar-refractivity contribution in [2.45, 2.75) is 12.6 Å². The highest BCUT2D eigenvalue weighted by atomic mass is 16.5. The van der Waals surface area contributed by atoms with E-state index in [4.69, 9.17) is 9.47 Å². The summed E-state index contributed by atoms with van der Waals surface area (Å²) in [6.07, 6.45) is 0. The van der Waals surface area contributed by atoms with Gasteiger partial charge >= 0.3 is 5.97 Å². The van der Waals surface area contributed by atoms with Crippen LogP contribution in [0.1, 0.15) is 15.9 Å². The highest BCUT2D eigenvalue weighted by Crippen LogP contribution is 2.33. The zero-order valence-corrected chi connectivity index (χ0v) is 17.7. The molecule has 0 fully saturated rings. The lowest BCUT2D eigenvalue weighted by molar-refractivity contribution is -0.145. The summed E-state index contributed by atoms with van der Waals surface area (Å²) in [5.74, 6) is -1.18. The van der Waals surface area contributed by atoms with Crippen molar-refractivity contribution < 1.29 is 23.9 Å². The molecule has 2 amide bonds. The second kappa shape index (κ2) is 8.93. The van der Waals surface area contributed by atoms with Gasteiger partial charge in [-0.3, -0.25) is 14.5 Å². The van der Waals surface area contributed by atoms with Gasteiger partial charge in [-0.2, -0.15) is 0 Å². The molecule has 7 heteroatoms. The van der Waals surface area contributed by atoms with E-state index < -0.39 is 23.8 Å². The van der Waals surface area contributed by atoms with Crippen LogP contribution >= 0.6 is 0 Å². The molecule has 0 aromatic heterocycles. The van der Waals surface area contributed by atoms with E-state index in [0.717, 1.165) is 5.56 Å². The molecule has 1 aliphatic rings. The lowest BCUT2D eigenvalue weighted by Crippen LogP contribution is -2.53. The number of carbonyl (C=O) groups excluding carboxylic acids is 3. The molecule has 162 valence electrons. The first-order chi connectivity index (χ1) is 15.5. The average Bonchev–Trinajstić information content (AvgIpc) is 2.93. The first-order valence-electron chi connectivity index (χ1n) is 10.0. The molecule has 1 unspecified atom stereocenters. The number of fused-ring (bicyclic) bond motifs is 1. The third-order valence-electron chi connectivity index (χ3n) is 5.34. The highest BCUT2D eigenvalue weighted by Gasteiger charge is 2.45. The van der Waals surface area contributed by atoms with Gasteiger partial charge in [0.15, 0.2) is 0 Å². The molecule has 1 atom stereocenters. The minimum Gasteiger partial charge on any atom is -0.497 e. The van der Waals surface area contributed by atoms with Crippen LogP contribution in [0, 0.1) is 0 Å². The third kappa shape index (κ3) is 3.80. The number of esters is 1. The summed E-state index contributed by atoms with van der Waals surface area (Å²) in [6, 6.07) is 21.3. The molecule has 0 saturated carbocycles. The molecule has 0 spiro atoms. The van der Waals surface area contributed by atoms with Gasteiger partial charge in [0.25, 0.3) is 11.8 Å². The minimum absolute atomic E-state index is 0.149. The number of benzene rings is 3. The summed E-state index contributed by atoms with van der Waals surface area (Å²) in [4.78, 5) is 42.9. The molecule has 0 N–H and O–H groups in total. The molecule has 7 nitrogen and oxygen atoms in total. The Hall–Kier alpha value is -4.13. The predicted molar refractivity (Wildman–Crippen MR) is 120 cm³/mol. The van der Waals surface area contributed by atoms with E-state index in [1.165, 1.54) is 16.9 Å². The average molecular weight is 430 g/mol. The fourth-order valence-corrected chi connectivity index (χ4v) is 3.80. The molecule has 3 aromatic rings. The van der Waals surface area contributed by atoms with Gasteiger partial charge in [-0.05, 0) is 42.0 Å². The molecule has 1 heterocycles. The lowest BCUT2D eigenvalue weighted by Gasteiger charge is -2.29. The number of hydrogen-bond donors (Lipinski definition) is 0. The summed E-state index contributed by atoms with van der Waals surface area (Å²) in [5.41, 5.74) is 1.97.